The summed E-state index contributed by atoms with van der Waals surface area (Å²) in [5, 5.41) is 5.43. The molecule has 0 aromatic heterocycles. The zero-order valence-corrected chi connectivity index (χ0v) is 18.5. The number of imide groups is 1. The Morgan fingerprint density at radius 2 is 1.64 bits per heavy atom. The molecule has 33 heavy (non-hydrogen) atoms. The summed E-state index contributed by atoms with van der Waals surface area (Å²) in [6.45, 7) is 2.84. The van der Waals surface area contributed by atoms with Crippen LogP contribution in [0.15, 0.2) is 65.8 Å². The van der Waals surface area contributed by atoms with Crippen molar-refractivity contribution >= 4 is 18.0 Å². The van der Waals surface area contributed by atoms with Gasteiger partial charge in [0.15, 0.2) is 11.5 Å². The van der Waals surface area contributed by atoms with E-state index in [-0.39, 0.29) is 35.5 Å². The van der Waals surface area contributed by atoms with Crippen molar-refractivity contribution in [3.05, 3.63) is 71.8 Å². The molecule has 2 bridgehead atoms. The van der Waals surface area contributed by atoms with Gasteiger partial charge in [-0.15, -0.1) is 0 Å². The van der Waals surface area contributed by atoms with E-state index in [0.717, 1.165) is 22.6 Å². The van der Waals surface area contributed by atoms with Crippen LogP contribution in [0.25, 0.3) is 0 Å². The Kier molecular flexibility index (Phi) is 4.82. The SMILES string of the molecule is CCOc1cc(C=NN2C(=O)C3C4C=CC(C5CC45)C3C2=O)ccc1OCc1ccccc1. The molecule has 2 aromatic carbocycles. The third-order valence-electron chi connectivity index (χ3n) is 7.47. The quantitative estimate of drug-likeness (QED) is 0.369. The molecule has 3 fully saturated rings. The molecule has 0 radical (unpaired) electrons. The summed E-state index contributed by atoms with van der Waals surface area (Å²) in [7, 11) is 0. The second kappa shape index (κ2) is 7.87. The van der Waals surface area contributed by atoms with Crippen LogP contribution in [-0.4, -0.2) is 29.6 Å². The molecular formula is C27H26N2O4. The molecule has 6 atom stereocenters. The zero-order valence-electron chi connectivity index (χ0n) is 18.5. The van der Waals surface area contributed by atoms with Gasteiger partial charge in [0, 0.05) is 0 Å². The number of benzene rings is 2. The molecule has 6 nitrogen and oxygen atoms in total. The van der Waals surface area contributed by atoms with Crippen LogP contribution >= 0.6 is 0 Å². The second-order valence-electron chi connectivity index (χ2n) is 9.30. The van der Waals surface area contributed by atoms with Gasteiger partial charge in [0.1, 0.15) is 6.61 Å². The first kappa shape index (κ1) is 20.2. The molecule has 168 valence electrons. The number of carbonyl (C=O) groups excluding carboxylic acids is 2. The first-order valence-electron chi connectivity index (χ1n) is 11.7. The van der Waals surface area contributed by atoms with Gasteiger partial charge in [-0.1, -0.05) is 42.5 Å². The molecule has 5 aliphatic rings. The van der Waals surface area contributed by atoms with Crippen LogP contribution in [0.5, 0.6) is 11.5 Å². The van der Waals surface area contributed by atoms with E-state index in [1.165, 1.54) is 0 Å². The van der Waals surface area contributed by atoms with Crippen molar-refractivity contribution in [2.75, 3.05) is 6.61 Å². The molecule has 0 spiro atoms. The van der Waals surface area contributed by atoms with Gasteiger partial charge in [0.2, 0.25) is 0 Å². The van der Waals surface area contributed by atoms with Crippen LogP contribution in [0.3, 0.4) is 0 Å². The fourth-order valence-corrected chi connectivity index (χ4v) is 5.91. The molecule has 1 aliphatic heterocycles. The Morgan fingerprint density at radius 3 is 2.30 bits per heavy atom. The lowest BCUT2D eigenvalue weighted by molar-refractivity contribution is -0.140. The highest BCUT2D eigenvalue weighted by Crippen LogP contribution is 2.65. The average molecular weight is 443 g/mol. The molecule has 1 heterocycles. The van der Waals surface area contributed by atoms with E-state index in [1.807, 2.05) is 55.5 Å². The van der Waals surface area contributed by atoms with Gasteiger partial charge in [-0.3, -0.25) is 9.59 Å². The third kappa shape index (κ3) is 3.36. The number of hydrazone groups is 1. The van der Waals surface area contributed by atoms with Gasteiger partial charge < -0.3 is 9.47 Å². The maximum Gasteiger partial charge on any atom is 0.254 e. The van der Waals surface area contributed by atoms with Crippen LogP contribution in [0.1, 0.15) is 24.5 Å². The number of nitrogens with zero attached hydrogens (tertiary/aromatic N) is 2. The molecular weight excluding hydrogens is 416 g/mol. The van der Waals surface area contributed by atoms with Gasteiger partial charge in [-0.2, -0.15) is 10.1 Å². The van der Waals surface area contributed by atoms with Gasteiger partial charge in [-0.05, 0) is 66.3 Å². The Bertz CT molecular complexity index is 1120. The van der Waals surface area contributed by atoms with E-state index >= 15 is 0 Å². The highest BCUT2D eigenvalue weighted by atomic mass is 16.5. The Balaban J connectivity index is 1.19. The van der Waals surface area contributed by atoms with Crippen molar-refractivity contribution in [2.45, 2.75) is 20.0 Å². The van der Waals surface area contributed by atoms with Crippen molar-refractivity contribution in [1.29, 1.82) is 0 Å². The molecule has 1 saturated heterocycles. The molecule has 4 aliphatic carbocycles. The molecule has 2 saturated carbocycles. The van der Waals surface area contributed by atoms with E-state index < -0.39 is 0 Å². The van der Waals surface area contributed by atoms with Crippen molar-refractivity contribution in [3.63, 3.8) is 0 Å². The maximum absolute atomic E-state index is 13.1. The third-order valence-corrected chi connectivity index (χ3v) is 7.47. The normalized spacial score (nSPS) is 31.1. The van der Waals surface area contributed by atoms with Crippen molar-refractivity contribution in [2.24, 2.45) is 40.6 Å². The van der Waals surface area contributed by atoms with Crippen LogP contribution in [-0.2, 0) is 16.2 Å². The summed E-state index contributed by atoms with van der Waals surface area (Å²) >= 11 is 0. The van der Waals surface area contributed by atoms with Crippen LogP contribution in [0, 0.1) is 35.5 Å². The minimum Gasteiger partial charge on any atom is -0.490 e. The van der Waals surface area contributed by atoms with Crippen LogP contribution in [0.2, 0.25) is 0 Å². The lowest BCUT2D eigenvalue weighted by atomic mass is 9.63. The highest BCUT2D eigenvalue weighted by Gasteiger charge is 2.67. The van der Waals surface area contributed by atoms with Crippen molar-refractivity contribution in [1.82, 2.24) is 5.01 Å². The minimum absolute atomic E-state index is 0.154. The predicted octanol–water partition coefficient (Wildman–Crippen LogP) is 4.05. The number of rotatable bonds is 7. The van der Waals surface area contributed by atoms with E-state index in [4.69, 9.17) is 9.47 Å². The topological polar surface area (TPSA) is 68.2 Å². The summed E-state index contributed by atoms with van der Waals surface area (Å²) in [5.74, 6) is 2.03. The lowest BCUT2D eigenvalue weighted by Gasteiger charge is -2.37. The largest absolute Gasteiger partial charge is 0.490 e. The van der Waals surface area contributed by atoms with E-state index in [1.54, 1.807) is 6.21 Å². The summed E-state index contributed by atoms with van der Waals surface area (Å²) in [6.07, 6.45) is 7.05. The molecule has 6 heteroatoms. The van der Waals surface area contributed by atoms with E-state index in [2.05, 4.69) is 17.3 Å². The summed E-state index contributed by atoms with van der Waals surface area (Å²) < 4.78 is 11.7. The summed E-state index contributed by atoms with van der Waals surface area (Å²) in [4.78, 5) is 26.2. The smallest absolute Gasteiger partial charge is 0.254 e. The first-order valence-corrected chi connectivity index (χ1v) is 11.7. The number of allylic oxidation sites excluding steroid dienone is 2. The monoisotopic (exact) mass is 442 g/mol. The second-order valence-corrected chi connectivity index (χ2v) is 9.30. The predicted molar refractivity (Wildman–Crippen MR) is 123 cm³/mol. The molecule has 7 rings (SSSR count). The summed E-state index contributed by atoms with van der Waals surface area (Å²) in [6, 6.07) is 15.4. The lowest BCUT2D eigenvalue weighted by Crippen LogP contribution is -2.40. The Hall–Kier alpha value is -3.41. The number of hydrogen-bond acceptors (Lipinski definition) is 5. The average Bonchev–Trinajstić information content (AvgIpc) is 3.62. The van der Waals surface area contributed by atoms with Crippen molar-refractivity contribution < 1.29 is 19.1 Å². The first-order chi connectivity index (χ1) is 16.2. The zero-order chi connectivity index (χ0) is 22.5. The number of ether oxygens (including phenoxy) is 2. The fourth-order valence-electron chi connectivity index (χ4n) is 5.91. The summed E-state index contributed by atoms with van der Waals surface area (Å²) in [5.41, 5.74) is 1.81. The van der Waals surface area contributed by atoms with Gasteiger partial charge in [0.05, 0.1) is 24.7 Å². The molecule has 2 aromatic rings. The Morgan fingerprint density at radius 1 is 0.939 bits per heavy atom. The Labute approximate surface area is 192 Å². The number of carbonyl (C=O) groups is 2. The fraction of sp³-hybridized carbons (Fsp3) is 0.370. The van der Waals surface area contributed by atoms with Gasteiger partial charge in [0.25, 0.3) is 11.8 Å². The number of hydrogen-bond donors (Lipinski definition) is 0. The molecule has 2 amide bonds. The van der Waals surface area contributed by atoms with Gasteiger partial charge >= 0.3 is 0 Å². The van der Waals surface area contributed by atoms with E-state index in [0.29, 0.717) is 36.5 Å². The van der Waals surface area contributed by atoms with Gasteiger partial charge in [-0.25, -0.2) is 0 Å². The molecule has 6 unspecified atom stereocenters. The minimum atomic E-state index is -0.235. The molecule has 0 N–H and O–H groups in total. The highest BCUT2D eigenvalue weighted by molar-refractivity contribution is 6.06. The standard InChI is InChI=1S/C27H26N2O4/c1-2-32-23-12-17(8-11-22(23)33-15-16-6-4-3-5-7-16)14-28-29-26(30)24-18-9-10-19(21-13-20(18)21)25(24)27(29)31/h3-12,14,18-21,24-25H,2,13,15H2,1H3. The van der Waals surface area contributed by atoms with E-state index in [9.17, 15) is 9.59 Å². The maximum atomic E-state index is 13.1. The van der Waals surface area contributed by atoms with Crippen molar-refractivity contribution in [3.8, 4) is 11.5 Å². The van der Waals surface area contributed by atoms with Crippen LogP contribution in [0.4, 0.5) is 0 Å². The van der Waals surface area contributed by atoms with Crippen LogP contribution < -0.4 is 9.47 Å². The number of amides is 2.